The third-order valence-corrected chi connectivity index (χ3v) is 7.07. The van der Waals surface area contributed by atoms with E-state index in [0.29, 0.717) is 28.8 Å². The Morgan fingerprint density at radius 2 is 1.81 bits per heavy atom. The summed E-state index contributed by atoms with van der Waals surface area (Å²) < 4.78 is 1.01. The molecule has 1 amide bonds. The third-order valence-electron chi connectivity index (χ3n) is 4.56. The van der Waals surface area contributed by atoms with Crippen LogP contribution < -0.4 is 4.90 Å². The molecule has 0 N–H and O–H groups in total. The number of fused-ring (bicyclic) bond motifs is 1. The van der Waals surface area contributed by atoms with Crippen molar-refractivity contribution in [3.63, 3.8) is 0 Å². The number of aryl methyl sites for hydroxylation is 1. The lowest BCUT2D eigenvalue weighted by molar-refractivity contribution is -0.118. The lowest BCUT2D eigenvalue weighted by atomic mass is 10.2. The summed E-state index contributed by atoms with van der Waals surface area (Å²) in [6, 6.07) is 11.5. The van der Waals surface area contributed by atoms with Crippen LogP contribution in [0, 0.1) is 6.92 Å². The van der Waals surface area contributed by atoms with Crippen LogP contribution in [-0.2, 0) is 4.79 Å². The van der Waals surface area contributed by atoms with Crippen molar-refractivity contribution >= 4 is 80.0 Å². The van der Waals surface area contributed by atoms with Crippen molar-refractivity contribution in [3.8, 4) is 0 Å². The van der Waals surface area contributed by atoms with Gasteiger partial charge in [0, 0.05) is 33.7 Å². The Bertz CT molecular complexity index is 1010. The number of amides is 1. The zero-order valence-corrected chi connectivity index (χ0v) is 21.7. The molecule has 0 saturated carbocycles. The molecule has 0 bridgehead atoms. The number of halogens is 3. The number of benzene rings is 2. The van der Waals surface area contributed by atoms with Gasteiger partial charge in [-0.05, 0) is 75.9 Å². The van der Waals surface area contributed by atoms with Gasteiger partial charge in [-0.15, -0.1) is 24.2 Å². The zero-order chi connectivity index (χ0) is 21.7. The number of thiazole rings is 1. The van der Waals surface area contributed by atoms with E-state index in [0.717, 1.165) is 38.8 Å². The van der Waals surface area contributed by atoms with E-state index in [1.165, 1.54) is 11.3 Å². The molecule has 2 aromatic carbocycles. The highest BCUT2D eigenvalue weighted by molar-refractivity contribution is 7.99. The highest BCUT2D eigenvalue weighted by Gasteiger charge is 2.20. The van der Waals surface area contributed by atoms with E-state index in [2.05, 4.69) is 4.90 Å². The van der Waals surface area contributed by atoms with Gasteiger partial charge in [0.25, 0.3) is 0 Å². The van der Waals surface area contributed by atoms with E-state index >= 15 is 0 Å². The largest absolute Gasteiger partial charge is 0.309 e. The standard InChI is InChI=1S/C22H25Cl2N3OS2.ClH/c1-15-13-17(24)14-19-21(15)25-22(30-19)27(11-4-10-26(2)3)20(28)9-12-29-18-7-5-16(23)6-8-18;/h5-8,13-14H,4,9-12H2,1-3H3;1H. The number of hydrogen-bond donors (Lipinski definition) is 0. The quantitative estimate of drug-likeness (QED) is 0.292. The predicted octanol–water partition coefficient (Wildman–Crippen LogP) is 6.80. The average molecular weight is 519 g/mol. The number of hydrogen-bond acceptors (Lipinski definition) is 5. The van der Waals surface area contributed by atoms with Crippen molar-refractivity contribution in [2.45, 2.75) is 24.7 Å². The Morgan fingerprint density at radius 3 is 2.48 bits per heavy atom. The molecule has 31 heavy (non-hydrogen) atoms. The third kappa shape index (κ3) is 7.52. The Morgan fingerprint density at radius 1 is 1.10 bits per heavy atom. The summed E-state index contributed by atoms with van der Waals surface area (Å²) in [5.74, 6) is 0.804. The Labute approximate surface area is 208 Å². The summed E-state index contributed by atoms with van der Waals surface area (Å²) in [7, 11) is 4.08. The van der Waals surface area contributed by atoms with Gasteiger partial charge in [-0.25, -0.2) is 4.98 Å². The van der Waals surface area contributed by atoms with Crippen LogP contribution in [0.15, 0.2) is 41.3 Å². The lowest BCUT2D eigenvalue weighted by Crippen LogP contribution is -2.33. The molecule has 4 nitrogen and oxygen atoms in total. The fourth-order valence-electron chi connectivity index (χ4n) is 3.05. The minimum absolute atomic E-state index is 0. The molecule has 0 fully saturated rings. The van der Waals surface area contributed by atoms with Crippen molar-refractivity contribution in [3.05, 3.63) is 52.0 Å². The molecule has 3 rings (SSSR count). The molecule has 0 aliphatic carbocycles. The molecule has 0 radical (unpaired) electrons. The van der Waals surface area contributed by atoms with Gasteiger partial charge in [-0.1, -0.05) is 34.5 Å². The number of carbonyl (C=O) groups excluding carboxylic acids is 1. The Balaban J connectivity index is 0.00000341. The van der Waals surface area contributed by atoms with Crippen LogP contribution in [0.2, 0.25) is 10.0 Å². The average Bonchev–Trinajstić information content (AvgIpc) is 3.10. The molecule has 1 aromatic heterocycles. The molecule has 0 unspecified atom stereocenters. The fourth-order valence-corrected chi connectivity index (χ4v) is 5.48. The molecular weight excluding hydrogens is 493 g/mol. The molecular formula is C22H26Cl3N3OS2. The summed E-state index contributed by atoms with van der Waals surface area (Å²) in [6.07, 6.45) is 1.34. The van der Waals surface area contributed by atoms with E-state index in [-0.39, 0.29) is 18.3 Å². The Hall–Kier alpha value is -1.02. The van der Waals surface area contributed by atoms with Gasteiger partial charge >= 0.3 is 0 Å². The summed E-state index contributed by atoms with van der Waals surface area (Å²) in [5, 5.41) is 2.16. The van der Waals surface area contributed by atoms with E-state index in [1.54, 1.807) is 11.8 Å². The summed E-state index contributed by atoms with van der Waals surface area (Å²) in [6.45, 7) is 3.56. The normalized spacial score (nSPS) is 11.0. The second kappa shape index (κ2) is 12.3. The van der Waals surface area contributed by atoms with Crippen LogP contribution >= 0.6 is 58.7 Å². The molecule has 0 aliphatic heterocycles. The molecule has 0 atom stereocenters. The second-order valence-corrected chi connectivity index (χ2v) is 10.4. The fraction of sp³-hybridized carbons (Fsp3) is 0.364. The molecule has 1 heterocycles. The molecule has 0 spiro atoms. The van der Waals surface area contributed by atoms with Crippen LogP contribution in [0.1, 0.15) is 18.4 Å². The van der Waals surface area contributed by atoms with Crippen LogP contribution in [0.4, 0.5) is 5.13 Å². The minimum atomic E-state index is 0. The minimum Gasteiger partial charge on any atom is -0.309 e. The van der Waals surface area contributed by atoms with Crippen molar-refractivity contribution in [2.24, 2.45) is 0 Å². The molecule has 9 heteroatoms. The number of aromatic nitrogens is 1. The van der Waals surface area contributed by atoms with Crippen LogP contribution in [-0.4, -0.2) is 48.7 Å². The summed E-state index contributed by atoms with van der Waals surface area (Å²) in [5.41, 5.74) is 1.94. The molecule has 0 saturated heterocycles. The first-order valence-corrected chi connectivity index (χ1v) is 12.3. The van der Waals surface area contributed by atoms with Gasteiger partial charge in [0.05, 0.1) is 10.2 Å². The monoisotopic (exact) mass is 517 g/mol. The van der Waals surface area contributed by atoms with Gasteiger partial charge in [0.15, 0.2) is 5.13 Å². The number of anilines is 1. The first kappa shape index (κ1) is 26.2. The van der Waals surface area contributed by atoms with Crippen LogP contribution in [0.3, 0.4) is 0 Å². The van der Waals surface area contributed by atoms with Gasteiger partial charge in [0.2, 0.25) is 5.91 Å². The molecule has 0 aliphatic rings. The van der Waals surface area contributed by atoms with Crippen molar-refractivity contribution in [2.75, 3.05) is 37.8 Å². The maximum Gasteiger partial charge on any atom is 0.229 e. The second-order valence-electron chi connectivity index (χ2n) is 7.32. The number of thioether (sulfide) groups is 1. The number of rotatable bonds is 9. The maximum atomic E-state index is 13.1. The van der Waals surface area contributed by atoms with Crippen molar-refractivity contribution < 1.29 is 4.79 Å². The van der Waals surface area contributed by atoms with Crippen molar-refractivity contribution in [1.29, 1.82) is 0 Å². The highest BCUT2D eigenvalue weighted by atomic mass is 35.5. The lowest BCUT2D eigenvalue weighted by Gasteiger charge is -2.21. The zero-order valence-electron chi connectivity index (χ0n) is 17.7. The van der Waals surface area contributed by atoms with Gasteiger partial charge < -0.3 is 4.90 Å². The smallest absolute Gasteiger partial charge is 0.229 e. The Kier molecular flexibility index (Phi) is 10.4. The molecule has 3 aromatic rings. The number of nitrogens with zero attached hydrogens (tertiary/aromatic N) is 3. The van der Waals surface area contributed by atoms with E-state index in [1.807, 2.05) is 62.3 Å². The first-order chi connectivity index (χ1) is 14.3. The maximum absolute atomic E-state index is 13.1. The molecule has 168 valence electrons. The van der Waals surface area contributed by atoms with Crippen LogP contribution in [0.25, 0.3) is 10.2 Å². The van der Waals surface area contributed by atoms with Gasteiger partial charge in [-0.2, -0.15) is 0 Å². The van der Waals surface area contributed by atoms with E-state index < -0.39 is 0 Å². The van der Waals surface area contributed by atoms with E-state index in [4.69, 9.17) is 28.2 Å². The highest BCUT2D eigenvalue weighted by Crippen LogP contribution is 2.33. The summed E-state index contributed by atoms with van der Waals surface area (Å²) >= 11 is 15.3. The summed E-state index contributed by atoms with van der Waals surface area (Å²) in [4.78, 5) is 23.0. The topological polar surface area (TPSA) is 36.4 Å². The van der Waals surface area contributed by atoms with Gasteiger partial charge in [-0.3, -0.25) is 9.69 Å². The SMILES string of the molecule is Cc1cc(Cl)cc2sc(N(CCCN(C)C)C(=O)CCSc3ccc(Cl)cc3)nc12.Cl. The van der Waals surface area contributed by atoms with E-state index in [9.17, 15) is 4.79 Å². The first-order valence-electron chi connectivity index (χ1n) is 9.73. The predicted molar refractivity (Wildman–Crippen MR) is 139 cm³/mol. The van der Waals surface area contributed by atoms with Crippen molar-refractivity contribution in [1.82, 2.24) is 9.88 Å². The number of carbonyl (C=O) groups is 1. The van der Waals surface area contributed by atoms with Crippen LogP contribution in [0.5, 0.6) is 0 Å². The van der Waals surface area contributed by atoms with Gasteiger partial charge in [0.1, 0.15) is 0 Å².